The zero-order valence-electron chi connectivity index (χ0n) is 10.9. The van der Waals surface area contributed by atoms with Crippen molar-refractivity contribution < 1.29 is 4.79 Å². The highest BCUT2D eigenvalue weighted by Gasteiger charge is 2.30. The van der Waals surface area contributed by atoms with E-state index >= 15 is 0 Å². The van der Waals surface area contributed by atoms with Crippen molar-refractivity contribution in [1.82, 2.24) is 15.5 Å². The summed E-state index contributed by atoms with van der Waals surface area (Å²) >= 11 is 0. The molecule has 0 aromatic rings. The lowest BCUT2D eigenvalue weighted by Gasteiger charge is -2.36. The van der Waals surface area contributed by atoms with Gasteiger partial charge in [-0.3, -0.25) is 9.69 Å². The summed E-state index contributed by atoms with van der Waals surface area (Å²) in [5.74, 6) is 1.02. The first kappa shape index (κ1) is 12.8. The Morgan fingerprint density at radius 2 is 2.18 bits per heavy atom. The van der Waals surface area contributed by atoms with Crippen LogP contribution in [0.1, 0.15) is 32.6 Å². The second-order valence-electron chi connectivity index (χ2n) is 5.26. The van der Waals surface area contributed by atoms with Crippen molar-refractivity contribution in [2.45, 2.75) is 38.6 Å². The first-order valence-corrected chi connectivity index (χ1v) is 7.03. The zero-order valence-corrected chi connectivity index (χ0v) is 10.9. The molecule has 4 nitrogen and oxygen atoms in total. The van der Waals surface area contributed by atoms with Gasteiger partial charge in [0.25, 0.3) is 0 Å². The van der Waals surface area contributed by atoms with Gasteiger partial charge in [0.2, 0.25) is 5.91 Å². The molecule has 1 unspecified atom stereocenters. The molecule has 1 atom stereocenters. The number of carbonyl (C=O) groups excluding carboxylic acids is 1. The molecule has 1 aliphatic heterocycles. The van der Waals surface area contributed by atoms with E-state index in [2.05, 4.69) is 15.5 Å². The second kappa shape index (κ2) is 6.36. The predicted molar refractivity (Wildman–Crippen MR) is 68.9 cm³/mol. The highest BCUT2D eigenvalue weighted by atomic mass is 16.2. The molecule has 0 aromatic heterocycles. The average molecular weight is 239 g/mol. The molecule has 1 amide bonds. The number of likely N-dealkylation sites (N-methyl/N-ethyl adjacent to an activating group) is 1. The number of nitrogens with one attached hydrogen (secondary N) is 2. The maximum atomic E-state index is 12.0. The molecule has 0 aromatic carbocycles. The molecule has 1 heterocycles. The summed E-state index contributed by atoms with van der Waals surface area (Å²) < 4.78 is 0. The van der Waals surface area contributed by atoms with E-state index in [0.29, 0.717) is 0 Å². The lowest BCUT2D eigenvalue weighted by molar-refractivity contribution is -0.127. The second-order valence-corrected chi connectivity index (χ2v) is 5.26. The summed E-state index contributed by atoms with van der Waals surface area (Å²) in [6.45, 7) is 6.66. The van der Waals surface area contributed by atoms with Gasteiger partial charge >= 0.3 is 0 Å². The highest BCUT2D eigenvalue weighted by Crippen LogP contribution is 2.26. The minimum atomic E-state index is 0.0456. The third-order valence-corrected chi connectivity index (χ3v) is 3.98. The van der Waals surface area contributed by atoms with Gasteiger partial charge in [-0.15, -0.1) is 0 Å². The van der Waals surface area contributed by atoms with Crippen LogP contribution in [0.15, 0.2) is 0 Å². The minimum absolute atomic E-state index is 0.0456. The van der Waals surface area contributed by atoms with E-state index in [1.54, 1.807) is 0 Å². The topological polar surface area (TPSA) is 44.4 Å². The number of rotatable bonds is 4. The number of nitrogens with zero attached hydrogens (tertiary/aromatic N) is 1. The van der Waals surface area contributed by atoms with Gasteiger partial charge in [0.05, 0.1) is 0 Å². The normalized spacial score (nSPS) is 27.2. The van der Waals surface area contributed by atoms with Crippen LogP contribution in [0.3, 0.4) is 0 Å². The molecule has 2 rings (SSSR count). The molecule has 98 valence electrons. The van der Waals surface area contributed by atoms with Crippen LogP contribution in [0.4, 0.5) is 0 Å². The van der Waals surface area contributed by atoms with E-state index in [9.17, 15) is 4.79 Å². The van der Waals surface area contributed by atoms with Crippen molar-refractivity contribution in [2.24, 2.45) is 5.92 Å². The molecule has 17 heavy (non-hydrogen) atoms. The lowest BCUT2D eigenvalue weighted by Crippen LogP contribution is -2.58. The fourth-order valence-corrected chi connectivity index (χ4v) is 3.04. The minimum Gasteiger partial charge on any atom is -0.355 e. The standard InChI is InChI=1S/C13H25N3O/c1-2-15-13(17)12-9-14-7-8-16(12)10-11-5-3-4-6-11/h11-12,14H,2-10H2,1H3,(H,15,17). The van der Waals surface area contributed by atoms with Gasteiger partial charge in [-0.25, -0.2) is 0 Å². The summed E-state index contributed by atoms with van der Waals surface area (Å²) in [6, 6.07) is 0.0456. The molecule has 0 bridgehead atoms. The third-order valence-electron chi connectivity index (χ3n) is 3.98. The van der Waals surface area contributed by atoms with Gasteiger partial charge in [-0.05, 0) is 25.7 Å². The van der Waals surface area contributed by atoms with Gasteiger partial charge in [0.1, 0.15) is 6.04 Å². The van der Waals surface area contributed by atoms with Crippen LogP contribution in [0, 0.1) is 5.92 Å². The Morgan fingerprint density at radius 1 is 1.41 bits per heavy atom. The van der Waals surface area contributed by atoms with E-state index in [0.717, 1.165) is 38.6 Å². The van der Waals surface area contributed by atoms with E-state index in [1.807, 2.05) is 6.92 Å². The fraction of sp³-hybridized carbons (Fsp3) is 0.923. The van der Waals surface area contributed by atoms with Crippen molar-refractivity contribution in [3.8, 4) is 0 Å². The molecule has 0 radical (unpaired) electrons. The molecule has 1 saturated carbocycles. The molecule has 1 aliphatic carbocycles. The van der Waals surface area contributed by atoms with Crippen molar-refractivity contribution in [1.29, 1.82) is 0 Å². The summed E-state index contributed by atoms with van der Waals surface area (Å²) in [7, 11) is 0. The Hall–Kier alpha value is -0.610. The molecule has 2 aliphatic rings. The maximum absolute atomic E-state index is 12.0. The van der Waals surface area contributed by atoms with Crippen LogP contribution in [-0.4, -0.2) is 49.6 Å². The first-order valence-electron chi connectivity index (χ1n) is 7.03. The van der Waals surface area contributed by atoms with Crippen molar-refractivity contribution >= 4 is 5.91 Å². The number of hydrogen-bond donors (Lipinski definition) is 2. The Bertz CT molecular complexity index is 251. The van der Waals surface area contributed by atoms with E-state index in [-0.39, 0.29) is 11.9 Å². The number of amides is 1. The Kier molecular flexibility index (Phi) is 4.80. The summed E-state index contributed by atoms with van der Waals surface area (Å²) in [5.41, 5.74) is 0. The summed E-state index contributed by atoms with van der Waals surface area (Å²) in [6.07, 6.45) is 5.46. The van der Waals surface area contributed by atoms with Crippen molar-refractivity contribution in [3.63, 3.8) is 0 Å². The van der Waals surface area contributed by atoms with Gasteiger partial charge in [-0.1, -0.05) is 12.8 Å². The predicted octanol–water partition coefficient (Wildman–Crippen LogP) is 0.587. The Morgan fingerprint density at radius 3 is 2.88 bits per heavy atom. The van der Waals surface area contributed by atoms with E-state index in [4.69, 9.17) is 0 Å². The molecule has 2 N–H and O–H groups in total. The molecule has 0 spiro atoms. The average Bonchev–Trinajstić information content (AvgIpc) is 2.83. The molecular formula is C13H25N3O. The zero-order chi connectivity index (χ0) is 12.1. The summed E-state index contributed by atoms with van der Waals surface area (Å²) in [4.78, 5) is 14.4. The molecular weight excluding hydrogens is 214 g/mol. The van der Waals surface area contributed by atoms with Gasteiger partial charge in [0.15, 0.2) is 0 Å². The van der Waals surface area contributed by atoms with Gasteiger partial charge < -0.3 is 10.6 Å². The Labute approximate surface area is 104 Å². The molecule has 2 fully saturated rings. The first-order chi connectivity index (χ1) is 8.31. The lowest BCUT2D eigenvalue weighted by atomic mass is 10.0. The van der Waals surface area contributed by atoms with Crippen LogP contribution in [0.5, 0.6) is 0 Å². The number of hydrogen-bond acceptors (Lipinski definition) is 3. The smallest absolute Gasteiger partial charge is 0.238 e. The monoisotopic (exact) mass is 239 g/mol. The largest absolute Gasteiger partial charge is 0.355 e. The third kappa shape index (κ3) is 3.42. The van der Waals surface area contributed by atoms with Gasteiger partial charge in [0, 0.05) is 32.7 Å². The summed E-state index contributed by atoms with van der Waals surface area (Å²) in [5, 5.41) is 6.28. The van der Waals surface area contributed by atoms with E-state index in [1.165, 1.54) is 25.7 Å². The van der Waals surface area contributed by atoms with Crippen LogP contribution < -0.4 is 10.6 Å². The maximum Gasteiger partial charge on any atom is 0.238 e. The Balaban J connectivity index is 1.89. The highest BCUT2D eigenvalue weighted by molar-refractivity contribution is 5.82. The number of carbonyl (C=O) groups is 1. The van der Waals surface area contributed by atoms with Crippen LogP contribution in [0.2, 0.25) is 0 Å². The van der Waals surface area contributed by atoms with Crippen LogP contribution >= 0.6 is 0 Å². The van der Waals surface area contributed by atoms with Gasteiger partial charge in [-0.2, -0.15) is 0 Å². The number of piperazine rings is 1. The fourth-order valence-electron chi connectivity index (χ4n) is 3.04. The molecule has 4 heteroatoms. The SMILES string of the molecule is CCNC(=O)C1CNCCN1CC1CCCC1. The quantitative estimate of drug-likeness (QED) is 0.754. The van der Waals surface area contributed by atoms with Crippen molar-refractivity contribution in [2.75, 3.05) is 32.7 Å². The van der Waals surface area contributed by atoms with Crippen LogP contribution in [-0.2, 0) is 4.79 Å². The molecule has 1 saturated heterocycles. The van der Waals surface area contributed by atoms with Crippen LogP contribution in [0.25, 0.3) is 0 Å². The van der Waals surface area contributed by atoms with E-state index < -0.39 is 0 Å². The van der Waals surface area contributed by atoms with Crippen molar-refractivity contribution in [3.05, 3.63) is 0 Å².